The summed E-state index contributed by atoms with van der Waals surface area (Å²) >= 11 is 0. The molecule has 0 aliphatic carbocycles. The third kappa shape index (κ3) is 3.05. The zero-order valence-electron chi connectivity index (χ0n) is 8.25. The van der Waals surface area contributed by atoms with Crippen molar-refractivity contribution in [3.8, 4) is 0 Å². The number of carboxylic acid groups (broad SMARTS) is 1. The molecule has 0 saturated carbocycles. The second-order valence-corrected chi connectivity index (χ2v) is 3.02. The predicted molar refractivity (Wildman–Crippen MR) is 58.4 cm³/mol. The smallest absolute Gasteiger partial charge is 0.335 e. The predicted octanol–water partition coefficient (Wildman–Crippen LogP) is 0.556. The van der Waals surface area contributed by atoms with E-state index in [1.165, 1.54) is 18.2 Å². The summed E-state index contributed by atoms with van der Waals surface area (Å²) in [5.74, 6) is -1.31. The van der Waals surface area contributed by atoms with Gasteiger partial charge in [-0.1, -0.05) is 5.18 Å². The minimum atomic E-state index is -1.13. The number of carboxylic acids is 1. The van der Waals surface area contributed by atoms with Gasteiger partial charge in [0, 0.05) is 0 Å². The van der Waals surface area contributed by atoms with Crippen LogP contribution in [0.5, 0.6) is 0 Å². The van der Waals surface area contributed by atoms with Crippen molar-refractivity contribution in [1.82, 2.24) is 0 Å². The molecule has 0 spiro atoms. The van der Waals surface area contributed by atoms with Gasteiger partial charge in [0.05, 0.1) is 11.3 Å². The van der Waals surface area contributed by atoms with Crippen LogP contribution < -0.4 is 11.5 Å². The van der Waals surface area contributed by atoms with Gasteiger partial charge in [-0.25, -0.2) is 9.79 Å². The Morgan fingerprint density at radius 2 is 2.00 bits per heavy atom. The number of hydrogen-bond donors (Lipinski definition) is 3. The molecule has 84 valence electrons. The van der Waals surface area contributed by atoms with Gasteiger partial charge >= 0.3 is 5.97 Å². The van der Waals surface area contributed by atoms with Crippen LogP contribution in [0.1, 0.15) is 15.9 Å². The molecule has 0 radical (unpaired) electrons. The van der Waals surface area contributed by atoms with Gasteiger partial charge in [0.25, 0.3) is 0 Å². The number of aromatic carboxylic acids is 1. The number of aliphatic imine (C=N–C) groups is 1. The fourth-order valence-corrected chi connectivity index (χ4v) is 1.18. The molecule has 7 heteroatoms. The molecule has 1 aromatic rings. The number of carbonyl (C=O) groups is 1. The van der Waals surface area contributed by atoms with E-state index >= 15 is 0 Å². The number of rotatable bonds is 4. The van der Waals surface area contributed by atoms with Gasteiger partial charge in [-0.3, -0.25) is 0 Å². The Morgan fingerprint density at radius 1 is 1.31 bits per heavy atom. The van der Waals surface area contributed by atoms with E-state index in [0.29, 0.717) is 5.56 Å². The Balaban J connectivity index is 3.23. The van der Waals surface area contributed by atoms with E-state index in [1.807, 2.05) is 0 Å². The molecule has 0 bridgehead atoms. The van der Waals surface area contributed by atoms with E-state index in [2.05, 4.69) is 10.2 Å². The zero-order chi connectivity index (χ0) is 12.1. The van der Waals surface area contributed by atoms with Crippen molar-refractivity contribution in [2.45, 2.75) is 6.54 Å². The fourth-order valence-electron chi connectivity index (χ4n) is 1.18. The van der Waals surface area contributed by atoms with E-state index in [0.717, 1.165) is 0 Å². The highest BCUT2D eigenvalue weighted by Crippen LogP contribution is 2.18. The molecule has 1 rings (SSSR count). The maximum atomic E-state index is 10.8. The molecule has 0 amide bonds. The standard InChI is InChI=1S/C9H10N4O3/c10-9(11)13-7-2-5(4-12-16)1-6(3-7)8(14)15/h1-3H,4H2,(H,14,15)(H4,10,11,13). The summed E-state index contributed by atoms with van der Waals surface area (Å²) in [4.78, 5) is 24.6. The van der Waals surface area contributed by atoms with Gasteiger partial charge < -0.3 is 16.6 Å². The van der Waals surface area contributed by atoms with Gasteiger partial charge in [0.2, 0.25) is 0 Å². The van der Waals surface area contributed by atoms with Crippen LogP contribution in [0.15, 0.2) is 28.4 Å². The van der Waals surface area contributed by atoms with Crippen LogP contribution in [-0.4, -0.2) is 17.0 Å². The molecular weight excluding hydrogens is 212 g/mol. The van der Waals surface area contributed by atoms with Crippen LogP contribution in [0.25, 0.3) is 0 Å². The molecule has 16 heavy (non-hydrogen) atoms. The van der Waals surface area contributed by atoms with Crippen LogP contribution in [-0.2, 0) is 6.54 Å². The largest absolute Gasteiger partial charge is 0.478 e. The Bertz CT molecular complexity index is 452. The average molecular weight is 222 g/mol. The van der Waals surface area contributed by atoms with Crippen molar-refractivity contribution >= 4 is 17.6 Å². The van der Waals surface area contributed by atoms with Gasteiger partial charge in [-0.15, -0.1) is 0 Å². The monoisotopic (exact) mass is 222 g/mol. The summed E-state index contributed by atoms with van der Waals surface area (Å²) in [7, 11) is 0. The summed E-state index contributed by atoms with van der Waals surface area (Å²) in [6, 6.07) is 4.14. The van der Waals surface area contributed by atoms with Crippen molar-refractivity contribution in [3.63, 3.8) is 0 Å². The van der Waals surface area contributed by atoms with Crippen LogP contribution in [0.3, 0.4) is 0 Å². The van der Waals surface area contributed by atoms with E-state index in [1.54, 1.807) is 0 Å². The molecule has 1 aromatic carbocycles. The summed E-state index contributed by atoms with van der Waals surface area (Å²) in [5.41, 5.74) is 11.1. The molecule has 0 heterocycles. The minimum Gasteiger partial charge on any atom is -0.478 e. The fraction of sp³-hybridized carbons (Fsp3) is 0.111. The number of nitrogens with two attached hydrogens (primary N) is 2. The molecule has 7 nitrogen and oxygen atoms in total. The topological polar surface area (TPSA) is 131 Å². The highest BCUT2D eigenvalue weighted by molar-refractivity contribution is 5.89. The second kappa shape index (κ2) is 4.87. The lowest BCUT2D eigenvalue weighted by molar-refractivity contribution is 0.0697. The average Bonchev–Trinajstić information content (AvgIpc) is 2.16. The molecule has 0 aromatic heterocycles. The first-order chi connectivity index (χ1) is 7.52. The van der Waals surface area contributed by atoms with Crippen LogP contribution >= 0.6 is 0 Å². The van der Waals surface area contributed by atoms with E-state index in [-0.39, 0.29) is 23.8 Å². The van der Waals surface area contributed by atoms with Crippen molar-refractivity contribution in [1.29, 1.82) is 0 Å². The van der Waals surface area contributed by atoms with E-state index in [4.69, 9.17) is 16.6 Å². The highest BCUT2D eigenvalue weighted by atomic mass is 16.4. The molecule has 0 aliphatic rings. The minimum absolute atomic E-state index is 0.00106. The molecule has 0 atom stereocenters. The summed E-state index contributed by atoms with van der Waals surface area (Å²) in [5, 5.41) is 11.5. The maximum Gasteiger partial charge on any atom is 0.335 e. The molecule has 5 N–H and O–H groups in total. The third-order valence-corrected chi connectivity index (χ3v) is 1.73. The maximum absolute atomic E-state index is 10.8. The van der Waals surface area contributed by atoms with Crippen molar-refractivity contribution in [3.05, 3.63) is 34.2 Å². The van der Waals surface area contributed by atoms with Crippen molar-refractivity contribution < 1.29 is 9.90 Å². The number of benzene rings is 1. The molecule has 0 saturated heterocycles. The van der Waals surface area contributed by atoms with Crippen LogP contribution in [0.4, 0.5) is 5.69 Å². The summed E-state index contributed by atoms with van der Waals surface area (Å²) < 4.78 is 0. The van der Waals surface area contributed by atoms with Gasteiger partial charge in [-0.05, 0) is 23.8 Å². The first-order valence-electron chi connectivity index (χ1n) is 4.29. The lowest BCUT2D eigenvalue weighted by Crippen LogP contribution is -2.21. The number of nitroso groups, excluding NO2 is 1. The van der Waals surface area contributed by atoms with Gasteiger partial charge in [0.1, 0.15) is 6.54 Å². The number of guanidine groups is 1. The van der Waals surface area contributed by atoms with Crippen LogP contribution in [0, 0.1) is 4.91 Å². The lowest BCUT2D eigenvalue weighted by atomic mass is 10.1. The van der Waals surface area contributed by atoms with Gasteiger partial charge in [0.15, 0.2) is 5.96 Å². The van der Waals surface area contributed by atoms with Gasteiger partial charge in [-0.2, -0.15) is 4.91 Å². The Hall–Kier alpha value is -2.44. The first kappa shape index (κ1) is 11.6. The Labute approximate surface area is 90.8 Å². The SMILES string of the molecule is NC(N)=Nc1cc(CN=O)cc(C(=O)O)c1. The normalized spacial score (nSPS) is 9.50. The Kier molecular flexibility index (Phi) is 3.54. The highest BCUT2D eigenvalue weighted by Gasteiger charge is 2.07. The molecule has 0 aliphatic heterocycles. The third-order valence-electron chi connectivity index (χ3n) is 1.73. The molecule has 0 unspecified atom stereocenters. The summed E-state index contributed by atoms with van der Waals surface area (Å²) in [6.45, 7) is -0.131. The Morgan fingerprint density at radius 3 is 2.50 bits per heavy atom. The van der Waals surface area contributed by atoms with E-state index < -0.39 is 5.97 Å². The first-order valence-corrected chi connectivity index (χ1v) is 4.29. The van der Waals surface area contributed by atoms with Crippen molar-refractivity contribution in [2.75, 3.05) is 0 Å². The second-order valence-electron chi connectivity index (χ2n) is 3.02. The lowest BCUT2D eigenvalue weighted by Gasteiger charge is -2.02. The van der Waals surface area contributed by atoms with Crippen molar-refractivity contribution in [2.24, 2.45) is 21.6 Å². The number of hydrogen-bond acceptors (Lipinski definition) is 4. The quantitative estimate of drug-likeness (QED) is 0.389. The van der Waals surface area contributed by atoms with E-state index in [9.17, 15) is 9.70 Å². The van der Waals surface area contributed by atoms with Crippen LogP contribution in [0.2, 0.25) is 0 Å². The molecular formula is C9H10N4O3. The molecule has 0 fully saturated rings. The summed E-state index contributed by atoms with van der Waals surface area (Å²) in [6.07, 6.45) is 0. The number of nitrogens with zero attached hydrogens (tertiary/aromatic N) is 2. The zero-order valence-corrected chi connectivity index (χ0v) is 8.25.